The van der Waals surface area contributed by atoms with Crippen LogP contribution in [0.15, 0.2) is 54.6 Å². The molecule has 9 heteroatoms. The zero-order chi connectivity index (χ0) is 23.4. The van der Waals surface area contributed by atoms with Gasteiger partial charge >= 0.3 is 6.18 Å². The number of amides is 1. The molecule has 1 aliphatic rings. The fourth-order valence-corrected chi connectivity index (χ4v) is 3.84. The molecule has 1 fully saturated rings. The van der Waals surface area contributed by atoms with Crippen LogP contribution in [0.5, 0.6) is 0 Å². The fourth-order valence-electron chi connectivity index (χ4n) is 3.84. The van der Waals surface area contributed by atoms with Crippen LogP contribution in [0.1, 0.15) is 15.9 Å². The molecule has 0 aliphatic carbocycles. The van der Waals surface area contributed by atoms with E-state index >= 15 is 0 Å². The summed E-state index contributed by atoms with van der Waals surface area (Å²) in [7, 11) is 1.68. The zero-order valence-corrected chi connectivity index (χ0v) is 18.2. The summed E-state index contributed by atoms with van der Waals surface area (Å²) < 4.78 is 44.1. The Hall–Kier alpha value is -3.17. The summed E-state index contributed by atoms with van der Waals surface area (Å²) in [6, 6.07) is 13.9. The highest BCUT2D eigenvalue weighted by Crippen LogP contribution is 2.32. The Bertz CT molecular complexity index is 1090. The number of aromatic amines is 1. The van der Waals surface area contributed by atoms with Gasteiger partial charge in [0.15, 0.2) is 0 Å². The van der Waals surface area contributed by atoms with Crippen molar-refractivity contribution in [2.75, 3.05) is 46.4 Å². The lowest BCUT2D eigenvalue weighted by molar-refractivity contribution is -0.137. The van der Waals surface area contributed by atoms with Crippen molar-refractivity contribution in [3.8, 4) is 22.5 Å². The highest BCUT2D eigenvalue weighted by Gasteiger charge is 2.30. The first-order chi connectivity index (χ1) is 15.8. The predicted octanol–water partition coefficient (Wildman–Crippen LogP) is 4.17. The van der Waals surface area contributed by atoms with Crippen molar-refractivity contribution in [2.45, 2.75) is 6.18 Å². The topological polar surface area (TPSA) is 61.5 Å². The van der Waals surface area contributed by atoms with Gasteiger partial charge in [-0.05, 0) is 35.9 Å². The third-order valence-electron chi connectivity index (χ3n) is 5.78. The average Bonchev–Trinajstić information content (AvgIpc) is 3.33. The molecular formula is C24H25F3N4O2. The third-order valence-corrected chi connectivity index (χ3v) is 5.78. The van der Waals surface area contributed by atoms with Crippen molar-refractivity contribution in [2.24, 2.45) is 0 Å². The molecule has 174 valence electrons. The smallest absolute Gasteiger partial charge is 0.383 e. The van der Waals surface area contributed by atoms with E-state index in [-0.39, 0.29) is 5.91 Å². The largest absolute Gasteiger partial charge is 0.416 e. The quantitative estimate of drug-likeness (QED) is 0.603. The Morgan fingerprint density at radius 1 is 1.03 bits per heavy atom. The Balaban J connectivity index is 1.42. The molecule has 0 bridgehead atoms. The number of nitrogens with one attached hydrogen (secondary N) is 1. The molecule has 3 aromatic rings. The van der Waals surface area contributed by atoms with E-state index in [1.54, 1.807) is 31.4 Å². The van der Waals surface area contributed by atoms with Crippen LogP contribution in [-0.2, 0) is 10.9 Å². The van der Waals surface area contributed by atoms with Gasteiger partial charge in [0.25, 0.3) is 5.91 Å². The van der Waals surface area contributed by atoms with Gasteiger partial charge < -0.3 is 9.64 Å². The van der Waals surface area contributed by atoms with E-state index in [4.69, 9.17) is 4.74 Å². The molecule has 4 rings (SSSR count). The first-order valence-electron chi connectivity index (χ1n) is 10.7. The molecule has 1 amide bonds. The molecule has 2 heterocycles. The number of aromatic nitrogens is 2. The van der Waals surface area contributed by atoms with Gasteiger partial charge in [-0.15, -0.1) is 0 Å². The Kier molecular flexibility index (Phi) is 6.80. The van der Waals surface area contributed by atoms with Gasteiger partial charge in [0, 0.05) is 51.0 Å². The van der Waals surface area contributed by atoms with Gasteiger partial charge in [-0.25, -0.2) is 0 Å². The minimum atomic E-state index is -4.41. The maximum Gasteiger partial charge on any atom is 0.416 e. The first kappa shape index (κ1) is 23.0. The SMILES string of the molecule is COCCN1CCN(C(=O)c2ccc(-c3cc(-c4cccc(C(F)(F)F)c4)n[nH]3)cc2)CC1. The van der Waals surface area contributed by atoms with Crippen molar-refractivity contribution in [1.82, 2.24) is 20.0 Å². The summed E-state index contributed by atoms with van der Waals surface area (Å²) in [4.78, 5) is 17.0. The van der Waals surface area contributed by atoms with Crippen molar-refractivity contribution >= 4 is 5.91 Å². The molecule has 1 N–H and O–H groups in total. The number of hydrogen-bond acceptors (Lipinski definition) is 4. The van der Waals surface area contributed by atoms with Crippen molar-refractivity contribution in [3.63, 3.8) is 0 Å². The number of methoxy groups -OCH3 is 1. The molecular weight excluding hydrogens is 433 g/mol. The second-order valence-corrected chi connectivity index (χ2v) is 7.95. The highest BCUT2D eigenvalue weighted by molar-refractivity contribution is 5.94. The molecule has 0 radical (unpaired) electrons. The number of halogens is 3. The predicted molar refractivity (Wildman–Crippen MR) is 119 cm³/mol. The van der Waals surface area contributed by atoms with Crippen LogP contribution in [-0.4, -0.2) is 72.3 Å². The summed E-state index contributed by atoms with van der Waals surface area (Å²) in [5.74, 6) is -0.0118. The number of alkyl halides is 3. The summed E-state index contributed by atoms with van der Waals surface area (Å²) in [5, 5.41) is 7.03. The van der Waals surface area contributed by atoms with Crippen molar-refractivity contribution < 1.29 is 22.7 Å². The molecule has 0 saturated carbocycles. The summed E-state index contributed by atoms with van der Waals surface area (Å²) >= 11 is 0. The fraction of sp³-hybridized carbons (Fsp3) is 0.333. The number of piperazine rings is 1. The second-order valence-electron chi connectivity index (χ2n) is 7.95. The number of benzene rings is 2. The van der Waals surface area contributed by atoms with Crippen LogP contribution < -0.4 is 0 Å². The zero-order valence-electron chi connectivity index (χ0n) is 18.2. The maximum absolute atomic E-state index is 13.0. The molecule has 33 heavy (non-hydrogen) atoms. The highest BCUT2D eigenvalue weighted by atomic mass is 19.4. The minimum absolute atomic E-state index is 0.0118. The molecule has 1 aromatic heterocycles. The Morgan fingerprint density at radius 2 is 1.76 bits per heavy atom. The average molecular weight is 458 g/mol. The maximum atomic E-state index is 13.0. The van der Waals surface area contributed by atoms with Crippen molar-refractivity contribution in [3.05, 3.63) is 65.7 Å². The van der Waals surface area contributed by atoms with Gasteiger partial charge in [-0.2, -0.15) is 18.3 Å². The summed E-state index contributed by atoms with van der Waals surface area (Å²) in [5.41, 5.74) is 2.13. The molecule has 2 aromatic carbocycles. The number of ether oxygens (including phenoxy) is 1. The van der Waals surface area contributed by atoms with Crippen LogP contribution in [0, 0.1) is 0 Å². The molecule has 1 saturated heterocycles. The van der Waals surface area contributed by atoms with Crippen LogP contribution in [0.4, 0.5) is 13.2 Å². The minimum Gasteiger partial charge on any atom is -0.383 e. The van der Waals surface area contributed by atoms with E-state index in [0.29, 0.717) is 42.2 Å². The number of rotatable bonds is 6. The molecule has 0 unspecified atom stereocenters. The Labute approximate surface area is 190 Å². The van der Waals surface area contributed by atoms with Crippen LogP contribution in [0.2, 0.25) is 0 Å². The van der Waals surface area contributed by atoms with E-state index in [2.05, 4.69) is 15.1 Å². The lowest BCUT2D eigenvalue weighted by Gasteiger charge is -2.34. The van der Waals surface area contributed by atoms with Gasteiger partial charge in [0.05, 0.1) is 23.6 Å². The van der Waals surface area contributed by atoms with Gasteiger partial charge in [0.1, 0.15) is 0 Å². The van der Waals surface area contributed by atoms with Gasteiger partial charge in [0.2, 0.25) is 0 Å². The lowest BCUT2D eigenvalue weighted by Crippen LogP contribution is -2.49. The molecule has 0 atom stereocenters. The lowest BCUT2D eigenvalue weighted by atomic mass is 10.1. The summed E-state index contributed by atoms with van der Waals surface area (Å²) in [6.07, 6.45) is -4.41. The first-order valence-corrected chi connectivity index (χ1v) is 10.7. The number of carbonyl (C=O) groups is 1. The number of carbonyl (C=O) groups excluding carboxylic acids is 1. The number of H-pyrrole nitrogens is 1. The van der Waals surface area contributed by atoms with Crippen molar-refractivity contribution in [1.29, 1.82) is 0 Å². The second kappa shape index (κ2) is 9.76. The van der Waals surface area contributed by atoms with E-state index < -0.39 is 11.7 Å². The van der Waals surface area contributed by atoms with E-state index in [1.165, 1.54) is 6.07 Å². The number of nitrogens with zero attached hydrogens (tertiary/aromatic N) is 3. The monoisotopic (exact) mass is 458 g/mol. The number of hydrogen-bond donors (Lipinski definition) is 1. The normalized spacial score (nSPS) is 15.1. The van der Waals surface area contributed by atoms with E-state index in [1.807, 2.05) is 17.0 Å². The van der Waals surface area contributed by atoms with Gasteiger partial charge in [-0.3, -0.25) is 14.8 Å². The summed E-state index contributed by atoms with van der Waals surface area (Å²) in [6.45, 7) is 4.52. The van der Waals surface area contributed by atoms with E-state index in [9.17, 15) is 18.0 Å². The van der Waals surface area contributed by atoms with Gasteiger partial charge in [-0.1, -0.05) is 24.3 Å². The van der Waals surface area contributed by atoms with E-state index in [0.717, 1.165) is 37.3 Å². The van der Waals surface area contributed by atoms with Crippen LogP contribution in [0.3, 0.4) is 0 Å². The molecule has 0 spiro atoms. The Morgan fingerprint density at radius 3 is 2.42 bits per heavy atom. The standard InChI is InChI=1S/C24H25F3N4O2/c1-33-14-13-30-9-11-31(12-10-30)23(32)18-7-5-17(6-8-18)21-16-22(29-28-21)19-3-2-4-20(15-19)24(25,26)27/h2-8,15-16H,9-14H2,1H3,(H,28,29). The molecule has 1 aliphatic heterocycles. The van der Waals surface area contributed by atoms with Crippen LogP contribution in [0.25, 0.3) is 22.5 Å². The molecule has 6 nitrogen and oxygen atoms in total. The van der Waals surface area contributed by atoms with Crippen LogP contribution >= 0.6 is 0 Å². The third kappa shape index (κ3) is 5.43.